The van der Waals surface area contributed by atoms with Crippen LogP contribution in [0.3, 0.4) is 0 Å². The fraction of sp³-hybridized carbons (Fsp3) is 0.346. The highest BCUT2D eigenvalue weighted by Crippen LogP contribution is 2.24. The van der Waals surface area contributed by atoms with Gasteiger partial charge >= 0.3 is 0 Å². The third-order valence-corrected chi connectivity index (χ3v) is 5.58. The number of β-amino-alcohol motifs (C(OH)–C–C–N with tert-alkyl or cyclic N) is 1. The van der Waals surface area contributed by atoms with Crippen LogP contribution in [0.1, 0.15) is 26.3 Å². The number of allylic oxidation sites excluding steroid dienone is 4. The molecule has 4 heterocycles. The van der Waals surface area contributed by atoms with Crippen molar-refractivity contribution in [3.8, 4) is 11.8 Å². The number of aromatic nitrogens is 5. The maximum Gasteiger partial charge on any atom is 0.230 e. The fourth-order valence-corrected chi connectivity index (χ4v) is 3.71. The largest absolute Gasteiger partial charge is 0.457 e. The van der Waals surface area contributed by atoms with E-state index in [0.29, 0.717) is 54.3 Å². The van der Waals surface area contributed by atoms with Crippen LogP contribution in [-0.2, 0) is 0 Å². The Balaban J connectivity index is 0.00000195. The van der Waals surface area contributed by atoms with Gasteiger partial charge in [0.05, 0.1) is 6.61 Å². The number of nitrogen functional groups attached to an aromatic ring is 1. The summed E-state index contributed by atoms with van der Waals surface area (Å²) in [5.41, 5.74) is 7.48. The van der Waals surface area contributed by atoms with Gasteiger partial charge in [0.2, 0.25) is 11.9 Å². The van der Waals surface area contributed by atoms with Crippen LogP contribution in [0, 0.1) is 11.3 Å². The van der Waals surface area contributed by atoms with Gasteiger partial charge in [0.1, 0.15) is 23.1 Å². The van der Waals surface area contributed by atoms with Gasteiger partial charge in [0.25, 0.3) is 0 Å². The van der Waals surface area contributed by atoms with Crippen LogP contribution in [0.15, 0.2) is 60.8 Å². The number of nitrogens with one attached hydrogen (secondary N) is 1. The molecule has 0 amide bonds. The van der Waals surface area contributed by atoms with E-state index in [2.05, 4.69) is 42.9 Å². The van der Waals surface area contributed by atoms with Gasteiger partial charge in [-0.25, -0.2) is 0 Å². The molecule has 1 fully saturated rings. The molecule has 38 heavy (non-hydrogen) atoms. The molecule has 0 radical (unpaired) electrons. The van der Waals surface area contributed by atoms with Gasteiger partial charge in [0.15, 0.2) is 11.5 Å². The van der Waals surface area contributed by atoms with Gasteiger partial charge in [-0.05, 0) is 37.3 Å². The predicted molar refractivity (Wildman–Crippen MR) is 148 cm³/mol. The average molecular weight is 519 g/mol. The highest BCUT2D eigenvalue weighted by Gasteiger charge is 2.23. The lowest BCUT2D eigenvalue weighted by Gasteiger charge is -2.34. The molecule has 0 aromatic carbocycles. The number of anilines is 3. The Morgan fingerprint density at radius 2 is 1.92 bits per heavy atom. The third kappa shape index (κ3) is 6.84. The molecule has 3 aromatic heterocycles. The van der Waals surface area contributed by atoms with Crippen molar-refractivity contribution in [2.24, 2.45) is 0 Å². The Bertz CT molecular complexity index is 1320. The van der Waals surface area contributed by atoms with Crippen LogP contribution >= 0.6 is 0 Å². The van der Waals surface area contributed by atoms with Gasteiger partial charge < -0.3 is 25.8 Å². The first-order valence-electron chi connectivity index (χ1n) is 12.4. The molecule has 1 aliphatic rings. The van der Waals surface area contributed by atoms with E-state index in [1.165, 1.54) is 4.52 Å². The van der Waals surface area contributed by atoms with Gasteiger partial charge in [-0.1, -0.05) is 20.4 Å². The van der Waals surface area contributed by atoms with Crippen molar-refractivity contribution in [2.45, 2.75) is 20.8 Å². The number of aliphatic hydroxyl groups is 1. The van der Waals surface area contributed by atoms with E-state index in [9.17, 15) is 5.26 Å². The quantitative estimate of drug-likeness (QED) is 0.283. The second-order valence-corrected chi connectivity index (χ2v) is 8.04. The Labute approximate surface area is 222 Å². The second kappa shape index (κ2) is 13.7. The van der Waals surface area contributed by atoms with Crippen molar-refractivity contribution in [1.82, 2.24) is 29.5 Å². The van der Waals surface area contributed by atoms with E-state index in [1.54, 1.807) is 42.8 Å². The number of pyridine rings is 1. The van der Waals surface area contributed by atoms with Crippen LogP contribution in [0.25, 0.3) is 5.65 Å². The highest BCUT2D eigenvalue weighted by atomic mass is 16.5. The number of nitrogens with zero attached hydrogens (tertiary/aromatic N) is 8. The van der Waals surface area contributed by atoms with Crippen LogP contribution in [0.4, 0.5) is 17.7 Å². The zero-order chi connectivity index (χ0) is 27.5. The number of hydrogen-bond acceptors (Lipinski definition) is 11. The molecule has 1 saturated heterocycles. The molecule has 12 nitrogen and oxygen atoms in total. The zero-order valence-electron chi connectivity index (χ0n) is 22.0. The molecule has 0 bridgehead atoms. The lowest BCUT2D eigenvalue weighted by atomic mass is 10.3. The minimum absolute atomic E-state index is 0.128. The van der Waals surface area contributed by atoms with E-state index in [4.69, 9.17) is 15.6 Å². The van der Waals surface area contributed by atoms with Gasteiger partial charge in [0, 0.05) is 50.8 Å². The second-order valence-electron chi connectivity index (χ2n) is 8.04. The Hall–Kier alpha value is -4.47. The minimum Gasteiger partial charge on any atom is -0.457 e. The number of aliphatic hydroxyl groups excluding tert-OH is 1. The number of rotatable bonds is 9. The molecular weight excluding hydrogens is 484 g/mol. The Kier molecular flexibility index (Phi) is 10.2. The summed E-state index contributed by atoms with van der Waals surface area (Å²) in [6.07, 6.45) is 8.42. The maximum atomic E-state index is 9.87. The molecule has 0 unspecified atom stereocenters. The predicted octanol–water partition coefficient (Wildman–Crippen LogP) is 2.58. The van der Waals surface area contributed by atoms with Crippen molar-refractivity contribution >= 4 is 23.4 Å². The molecule has 4 rings (SSSR count). The van der Waals surface area contributed by atoms with Crippen LogP contribution in [-0.4, -0.2) is 73.9 Å². The van der Waals surface area contributed by atoms with E-state index in [1.807, 2.05) is 25.7 Å². The van der Waals surface area contributed by atoms with Gasteiger partial charge in [-0.15, -0.1) is 5.10 Å². The van der Waals surface area contributed by atoms with Gasteiger partial charge in [-0.3, -0.25) is 9.88 Å². The smallest absolute Gasteiger partial charge is 0.230 e. The van der Waals surface area contributed by atoms with Crippen LogP contribution < -0.4 is 20.7 Å². The zero-order valence-corrected chi connectivity index (χ0v) is 22.0. The van der Waals surface area contributed by atoms with E-state index in [-0.39, 0.29) is 18.1 Å². The SMILES string of the molecule is C=C/C(=C\C=C(/C)Nc1nn2c(N)nc(N3CCN(CCO)CC3)nc2c1C#N)Oc1ccncc1.CC. The molecule has 1 aliphatic heterocycles. The normalized spacial score (nSPS) is 14.4. The first kappa shape index (κ1) is 28.1. The summed E-state index contributed by atoms with van der Waals surface area (Å²) in [4.78, 5) is 17.2. The summed E-state index contributed by atoms with van der Waals surface area (Å²) in [6.45, 7) is 13.3. The standard InChI is InChI=1S/C24H28N10O2.C2H6/c1-3-18(36-19-6-8-27-9-7-19)5-4-17(2)28-21-20(16-25)22-29-24(30-23(26)34(22)31-21)33-12-10-32(11-13-33)14-15-35;1-2/h3-9,35H,1,10-15H2,2H3,(H,28,31)(H2,26,29,30);1-2H3/b17-4+,18-5+;. The number of ether oxygens (including phenoxy) is 1. The molecule has 0 spiro atoms. The molecule has 0 aliphatic carbocycles. The van der Waals surface area contributed by atoms with Crippen molar-refractivity contribution in [1.29, 1.82) is 5.26 Å². The molecule has 0 saturated carbocycles. The third-order valence-electron chi connectivity index (χ3n) is 5.58. The van der Waals surface area contributed by atoms with Crippen molar-refractivity contribution < 1.29 is 9.84 Å². The minimum atomic E-state index is 0.128. The van der Waals surface area contributed by atoms with Crippen molar-refractivity contribution in [2.75, 3.05) is 55.3 Å². The maximum absolute atomic E-state index is 9.87. The number of nitriles is 1. The van der Waals surface area contributed by atoms with Crippen LogP contribution in [0.2, 0.25) is 0 Å². The summed E-state index contributed by atoms with van der Waals surface area (Å²) in [6, 6.07) is 5.67. The molecule has 4 N–H and O–H groups in total. The summed E-state index contributed by atoms with van der Waals surface area (Å²) in [5, 5.41) is 26.6. The Morgan fingerprint density at radius 3 is 2.55 bits per heavy atom. The van der Waals surface area contributed by atoms with Crippen molar-refractivity contribution in [3.63, 3.8) is 0 Å². The summed E-state index contributed by atoms with van der Waals surface area (Å²) < 4.78 is 7.13. The topological polar surface area (TPSA) is 154 Å². The first-order valence-corrected chi connectivity index (χ1v) is 12.4. The number of hydrogen-bond donors (Lipinski definition) is 3. The summed E-state index contributed by atoms with van der Waals surface area (Å²) in [5.74, 6) is 2.09. The summed E-state index contributed by atoms with van der Waals surface area (Å²) >= 11 is 0. The molecule has 12 heteroatoms. The Morgan fingerprint density at radius 1 is 1.21 bits per heavy atom. The van der Waals surface area contributed by atoms with Crippen LogP contribution in [0.5, 0.6) is 5.75 Å². The number of fused-ring (bicyclic) bond motifs is 1. The van der Waals surface area contributed by atoms with Crippen molar-refractivity contribution in [3.05, 3.63) is 66.4 Å². The number of nitrogens with two attached hydrogens (primary N) is 1. The van der Waals surface area contributed by atoms with Gasteiger partial charge in [-0.2, -0.15) is 19.7 Å². The molecule has 0 atom stereocenters. The lowest BCUT2D eigenvalue weighted by Crippen LogP contribution is -2.47. The number of piperazine rings is 1. The monoisotopic (exact) mass is 518 g/mol. The molecule has 3 aromatic rings. The van der Waals surface area contributed by atoms with E-state index in [0.717, 1.165) is 13.1 Å². The van der Waals surface area contributed by atoms with E-state index >= 15 is 0 Å². The molecule has 200 valence electrons. The van der Waals surface area contributed by atoms with E-state index < -0.39 is 0 Å². The fourth-order valence-electron chi connectivity index (χ4n) is 3.71. The highest BCUT2D eigenvalue weighted by molar-refractivity contribution is 5.71. The lowest BCUT2D eigenvalue weighted by molar-refractivity contribution is 0.188. The summed E-state index contributed by atoms with van der Waals surface area (Å²) in [7, 11) is 0. The molecular formula is C26H34N10O2. The average Bonchev–Trinajstić information content (AvgIpc) is 3.30. The first-order chi connectivity index (χ1) is 18.5.